The van der Waals surface area contributed by atoms with Crippen molar-refractivity contribution in [2.24, 2.45) is 5.73 Å². The van der Waals surface area contributed by atoms with Crippen LogP contribution in [0.2, 0.25) is 0 Å². The fourth-order valence-corrected chi connectivity index (χ4v) is 2.94. The van der Waals surface area contributed by atoms with E-state index in [-0.39, 0.29) is 0 Å². The number of piperidine rings is 1. The lowest BCUT2D eigenvalue weighted by atomic mass is 9.99. The summed E-state index contributed by atoms with van der Waals surface area (Å²) in [5.41, 5.74) is 8.48. The van der Waals surface area contributed by atoms with Gasteiger partial charge in [0.15, 0.2) is 0 Å². The maximum atomic E-state index is 5.72. The highest BCUT2D eigenvalue weighted by atomic mass is 15.2. The molecular formula is C17H29N3. The van der Waals surface area contributed by atoms with E-state index in [0.29, 0.717) is 5.92 Å². The molecule has 1 saturated heterocycles. The summed E-state index contributed by atoms with van der Waals surface area (Å²) < 4.78 is 0. The van der Waals surface area contributed by atoms with Gasteiger partial charge in [0.2, 0.25) is 0 Å². The third kappa shape index (κ3) is 4.05. The van der Waals surface area contributed by atoms with Gasteiger partial charge in [-0.1, -0.05) is 31.2 Å². The van der Waals surface area contributed by atoms with Crippen molar-refractivity contribution >= 4 is 0 Å². The largest absolute Gasteiger partial charge is 0.330 e. The number of likely N-dealkylation sites (tertiary alicyclic amines) is 1. The van der Waals surface area contributed by atoms with Crippen molar-refractivity contribution in [3.05, 3.63) is 35.4 Å². The van der Waals surface area contributed by atoms with Crippen LogP contribution in [0.15, 0.2) is 24.3 Å². The summed E-state index contributed by atoms with van der Waals surface area (Å²) in [6.07, 6.45) is 2.57. The van der Waals surface area contributed by atoms with Gasteiger partial charge in [-0.05, 0) is 63.6 Å². The summed E-state index contributed by atoms with van der Waals surface area (Å²) >= 11 is 0. The highest BCUT2D eigenvalue weighted by molar-refractivity contribution is 5.25. The molecule has 0 spiro atoms. The van der Waals surface area contributed by atoms with E-state index in [0.717, 1.165) is 19.1 Å². The highest BCUT2D eigenvalue weighted by Gasteiger charge is 2.20. The van der Waals surface area contributed by atoms with E-state index in [4.69, 9.17) is 5.73 Å². The monoisotopic (exact) mass is 275 g/mol. The zero-order chi connectivity index (χ0) is 14.5. The maximum absolute atomic E-state index is 5.72. The number of benzene rings is 1. The lowest BCUT2D eigenvalue weighted by Gasteiger charge is -2.35. The van der Waals surface area contributed by atoms with Crippen LogP contribution in [-0.4, -0.2) is 49.6 Å². The second-order valence-electron chi connectivity index (χ2n) is 6.35. The van der Waals surface area contributed by atoms with Crippen molar-refractivity contribution < 1.29 is 0 Å². The molecule has 3 heteroatoms. The van der Waals surface area contributed by atoms with Gasteiger partial charge in [0.05, 0.1) is 0 Å². The molecule has 1 aromatic carbocycles. The van der Waals surface area contributed by atoms with Crippen LogP contribution < -0.4 is 5.73 Å². The molecule has 1 aliphatic rings. The highest BCUT2D eigenvalue weighted by Crippen LogP contribution is 2.18. The van der Waals surface area contributed by atoms with Gasteiger partial charge in [-0.15, -0.1) is 0 Å². The van der Waals surface area contributed by atoms with E-state index in [1.54, 1.807) is 0 Å². The zero-order valence-electron chi connectivity index (χ0n) is 13.2. The van der Waals surface area contributed by atoms with Gasteiger partial charge >= 0.3 is 0 Å². The smallest absolute Gasteiger partial charge is 0.0233 e. The third-order valence-corrected chi connectivity index (χ3v) is 4.60. The van der Waals surface area contributed by atoms with Gasteiger partial charge in [0.1, 0.15) is 0 Å². The predicted molar refractivity (Wildman–Crippen MR) is 85.9 cm³/mol. The van der Waals surface area contributed by atoms with Crippen molar-refractivity contribution in [1.29, 1.82) is 0 Å². The Labute approximate surface area is 123 Å². The first-order chi connectivity index (χ1) is 9.60. The van der Waals surface area contributed by atoms with Crippen LogP contribution in [0.1, 0.15) is 36.8 Å². The van der Waals surface area contributed by atoms with Gasteiger partial charge in [0.25, 0.3) is 0 Å². The number of hydrogen-bond donors (Lipinski definition) is 1. The Kier molecular flexibility index (Phi) is 5.58. The first-order valence-corrected chi connectivity index (χ1v) is 7.78. The standard InChI is InChI=1S/C17H29N3/c1-14(12-18)16-6-4-15(5-7-16)13-20-10-8-17(9-11-20)19(2)3/h4-7,14,17H,8-13,18H2,1-3H3. The fourth-order valence-electron chi connectivity index (χ4n) is 2.94. The minimum Gasteiger partial charge on any atom is -0.330 e. The van der Waals surface area contributed by atoms with Crippen LogP contribution in [0.25, 0.3) is 0 Å². The lowest BCUT2D eigenvalue weighted by molar-refractivity contribution is 0.140. The molecule has 0 aliphatic carbocycles. The minimum atomic E-state index is 0.458. The number of nitrogens with zero attached hydrogens (tertiary/aromatic N) is 2. The fraction of sp³-hybridized carbons (Fsp3) is 0.647. The van der Waals surface area contributed by atoms with Crippen LogP contribution in [0.4, 0.5) is 0 Å². The molecule has 1 heterocycles. The van der Waals surface area contributed by atoms with Crippen molar-refractivity contribution in [2.45, 2.75) is 38.3 Å². The normalized spacial score (nSPS) is 19.4. The van der Waals surface area contributed by atoms with Crippen LogP contribution in [-0.2, 0) is 6.54 Å². The number of nitrogens with two attached hydrogens (primary N) is 1. The van der Waals surface area contributed by atoms with Gasteiger partial charge in [-0.3, -0.25) is 4.90 Å². The first-order valence-electron chi connectivity index (χ1n) is 7.78. The molecule has 20 heavy (non-hydrogen) atoms. The van der Waals surface area contributed by atoms with E-state index < -0.39 is 0 Å². The first kappa shape index (κ1) is 15.5. The topological polar surface area (TPSA) is 32.5 Å². The molecule has 1 fully saturated rings. The quantitative estimate of drug-likeness (QED) is 0.895. The van der Waals surface area contributed by atoms with E-state index in [9.17, 15) is 0 Å². The Morgan fingerprint density at radius 3 is 2.30 bits per heavy atom. The van der Waals surface area contributed by atoms with Crippen LogP contribution in [0.5, 0.6) is 0 Å². The average Bonchev–Trinajstić information content (AvgIpc) is 2.48. The van der Waals surface area contributed by atoms with E-state index in [1.165, 1.54) is 37.1 Å². The molecule has 1 aliphatic heterocycles. The Morgan fingerprint density at radius 2 is 1.80 bits per heavy atom. The SMILES string of the molecule is CC(CN)c1ccc(CN2CCC(N(C)C)CC2)cc1. The molecule has 1 aromatic rings. The molecular weight excluding hydrogens is 246 g/mol. The van der Waals surface area contributed by atoms with Crippen molar-refractivity contribution in [1.82, 2.24) is 9.80 Å². The van der Waals surface area contributed by atoms with E-state index in [2.05, 4.69) is 55.1 Å². The maximum Gasteiger partial charge on any atom is 0.0233 e. The number of hydrogen-bond acceptors (Lipinski definition) is 3. The summed E-state index contributed by atoms with van der Waals surface area (Å²) in [5, 5.41) is 0. The van der Waals surface area contributed by atoms with Crippen LogP contribution in [0, 0.1) is 0 Å². The van der Waals surface area contributed by atoms with Crippen LogP contribution >= 0.6 is 0 Å². The molecule has 1 atom stereocenters. The Hall–Kier alpha value is -0.900. The lowest BCUT2D eigenvalue weighted by Crippen LogP contribution is -2.41. The van der Waals surface area contributed by atoms with E-state index in [1.807, 2.05) is 0 Å². The van der Waals surface area contributed by atoms with Gasteiger partial charge < -0.3 is 10.6 Å². The Bertz CT molecular complexity index is 391. The van der Waals surface area contributed by atoms with Crippen molar-refractivity contribution in [3.8, 4) is 0 Å². The number of rotatable bonds is 5. The summed E-state index contributed by atoms with van der Waals surface area (Å²) in [6.45, 7) is 6.41. The second kappa shape index (κ2) is 7.21. The molecule has 0 bridgehead atoms. The Balaban J connectivity index is 1.85. The summed E-state index contributed by atoms with van der Waals surface area (Å²) in [4.78, 5) is 4.93. The third-order valence-electron chi connectivity index (χ3n) is 4.60. The molecule has 3 nitrogen and oxygen atoms in total. The zero-order valence-corrected chi connectivity index (χ0v) is 13.2. The molecule has 0 amide bonds. The predicted octanol–water partition coefficient (Wildman–Crippen LogP) is 2.27. The van der Waals surface area contributed by atoms with E-state index >= 15 is 0 Å². The van der Waals surface area contributed by atoms with Crippen molar-refractivity contribution in [2.75, 3.05) is 33.7 Å². The molecule has 0 aromatic heterocycles. The molecule has 2 N–H and O–H groups in total. The van der Waals surface area contributed by atoms with Gasteiger partial charge in [0, 0.05) is 12.6 Å². The molecule has 0 saturated carbocycles. The average molecular weight is 275 g/mol. The molecule has 0 radical (unpaired) electrons. The van der Waals surface area contributed by atoms with Crippen molar-refractivity contribution in [3.63, 3.8) is 0 Å². The molecule has 2 rings (SSSR count). The second-order valence-corrected chi connectivity index (χ2v) is 6.35. The Morgan fingerprint density at radius 1 is 1.20 bits per heavy atom. The van der Waals surface area contributed by atoms with Gasteiger partial charge in [-0.25, -0.2) is 0 Å². The molecule has 1 unspecified atom stereocenters. The summed E-state index contributed by atoms with van der Waals surface area (Å²) in [7, 11) is 4.38. The summed E-state index contributed by atoms with van der Waals surface area (Å²) in [5.74, 6) is 0.458. The van der Waals surface area contributed by atoms with Crippen LogP contribution in [0.3, 0.4) is 0 Å². The van der Waals surface area contributed by atoms with Gasteiger partial charge in [-0.2, -0.15) is 0 Å². The summed E-state index contributed by atoms with van der Waals surface area (Å²) in [6, 6.07) is 9.76. The minimum absolute atomic E-state index is 0.458. The molecule has 112 valence electrons.